The SMILES string of the molecule is C=C/C=C1/Sc2ccccc2S/C1=C/C=C. The summed E-state index contributed by atoms with van der Waals surface area (Å²) in [5, 5.41) is 0. The lowest BCUT2D eigenvalue weighted by molar-refractivity contribution is 1.25. The summed E-state index contributed by atoms with van der Waals surface area (Å²) in [5.41, 5.74) is 0. The molecule has 1 aliphatic rings. The Labute approximate surface area is 105 Å². The standard InChI is InChI=1S/C14H12S2/c1-3-7-11-12(8-4-2)16-14-10-6-5-9-13(14)15-11/h3-10H,1-2H2/b11-7+,12-8+. The fourth-order valence-electron chi connectivity index (χ4n) is 1.40. The van der Waals surface area contributed by atoms with E-state index in [4.69, 9.17) is 0 Å². The molecule has 0 spiro atoms. The molecule has 80 valence electrons. The van der Waals surface area contributed by atoms with Crippen molar-refractivity contribution in [1.29, 1.82) is 0 Å². The minimum absolute atomic E-state index is 1.23. The van der Waals surface area contributed by atoms with E-state index in [1.54, 1.807) is 23.5 Å². The Morgan fingerprint density at radius 2 is 1.25 bits per heavy atom. The molecule has 0 fully saturated rings. The number of benzene rings is 1. The van der Waals surface area contributed by atoms with Crippen LogP contribution in [-0.2, 0) is 0 Å². The Bertz CT molecular complexity index is 436. The lowest BCUT2D eigenvalue weighted by atomic mass is 10.4. The monoisotopic (exact) mass is 244 g/mol. The number of fused-ring (bicyclic) bond motifs is 1. The molecule has 1 aromatic rings. The van der Waals surface area contributed by atoms with Crippen molar-refractivity contribution >= 4 is 23.5 Å². The maximum atomic E-state index is 3.75. The van der Waals surface area contributed by atoms with E-state index in [1.165, 1.54) is 19.6 Å². The van der Waals surface area contributed by atoms with Gasteiger partial charge in [-0.05, 0) is 24.3 Å². The van der Waals surface area contributed by atoms with Crippen LogP contribution in [0.5, 0.6) is 0 Å². The van der Waals surface area contributed by atoms with Crippen molar-refractivity contribution in [2.24, 2.45) is 0 Å². The van der Waals surface area contributed by atoms with Gasteiger partial charge in [0, 0.05) is 19.6 Å². The fourth-order valence-corrected chi connectivity index (χ4v) is 3.67. The van der Waals surface area contributed by atoms with Crippen LogP contribution in [0.3, 0.4) is 0 Å². The van der Waals surface area contributed by atoms with Crippen molar-refractivity contribution in [1.82, 2.24) is 0 Å². The molecule has 1 aromatic carbocycles. The average molecular weight is 244 g/mol. The van der Waals surface area contributed by atoms with Crippen LogP contribution in [0.25, 0.3) is 0 Å². The van der Waals surface area contributed by atoms with Gasteiger partial charge in [0.05, 0.1) is 0 Å². The largest absolute Gasteiger partial charge is 0.0990 e. The van der Waals surface area contributed by atoms with E-state index >= 15 is 0 Å². The molecule has 1 heterocycles. The van der Waals surface area contributed by atoms with Crippen LogP contribution in [0.1, 0.15) is 0 Å². The Kier molecular flexibility index (Phi) is 3.75. The van der Waals surface area contributed by atoms with E-state index < -0.39 is 0 Å². The normalized spacial score (nSPS) is 19.5. The quantitative estimate of drug-likeness (QED) is 0.716. The molecule has 0 unspecified atom stereocenters. The zero-order chi connectivity index (χ0) is 11.4. The van der Waals surface area contributed by atoms with Crippen LogP contribution in [0.4, 0.5) is 0 Å². The first-order valence-corrected chi connectivity index (χ1v) is 6.59. The van der Waals surface area contributed by atoms with Gasteiger partial charge in [0.15, 0.2) is 0 Å². The molecule has 16 heavy (non-hydrogen) atoms. The van der Waals surface area contributed by atoms with Crippen molar-refractivity contribution in [3.8, 4) is 0 Å². The molecule has 0 atom stereocenters. The number of hydrogen-bond donors (Lipinski definition) is 0. The third kappa shape index (κ3) is 2.34. The van der Waals surface area contributed by atoms with Gasteiger partial charge in [0.1, 0.15) is 0 Å². The van der Waals surface area contributed by atoms with Crippen molar-refractivity contribution in [2.45, 2.75) is 9.79 Å². The van der Waals surface area contributed by atoms with E-state index in [1.807, 2.05) is 24.3 Å². The zero-order valence-electron chi connectivity index (χ0n) is 8.85. The topological polar surface area (TPSA) is 0 Å². The molecular formula is C14H12S2. The van der Waals surface area contributed by atoms with Crippen LogP contribution < -0.4 is 0 Å². The summed E-state index contributed by atoms with van der Waals surface area (Å²) >= 11 is 3.57. The smallest absolute Gasteiger partial charge is 0.0262 e. The second-order valence-corrected chi connectivity index (χ2v) is 5.35. The minimum atomic E-state index is 1.23. The van der Waals surface area contributed by atoms with Crippen LogP contribution in [-0.4, -0.2) is 0 Å². The van der Waals surface area contributed by atoms with E-state index in [-0.39, 0.29) is 0 Å². The van der Waals surface area contributed by atoms with Gasteiger partial charge in [-0.25, -0.2) is 0 Å². The van der Waals surface area contributed by atoms with Gasteiger partial charge in [-0.1, -0.05) is 61.0 Å². The highest BCUT2D eigenvalue weighted by atomic mass is 32.2. The summed E-state index contributed by atoms with van der Waals surface area (Å²) in [6.45, 7) is 7.51. The first kappa shape index (κ1) is 11.4. The Morgan fingerprint density at radius 1 is 0.812 bits per heavy atom. The second-order valence-electron chi connectivity index (χ2n) is 3.18. The highest BCUT2D eigenvalue weighted by Crippen LogP contribution is 2.49. The van der Waals surface area contributed by atoms with Crippen molar-refractivity contribution in [3.05, 3.63) is 71.5 Å². The molecular weight excluding hydrogens is 232 g/mol. The second kappa shape index (κ2) is 5.28. The predicted octanol–water partition coefficient (Wildman–Crippen LogP) is 5.02. The lowest BCUT2D eigenvalue weighted by Gasteiger charge is -2.19. The highest BCUT2D eigenvalue weighted by Gasteiger charge is 2.17. The summed E-state index contributed by atoms with van der Waals surface area (Å²) in [7, 11) is 0. The Hall–Kier alpha value is -1.12. The number of rotatable bonds is 2. The molecule has 0 nitrogen and oxygen atoms in total. The maximum absolute atomic E-state index is 3.75. The van der Waals surface area contributed by atoms with Gasteiger partial charge >= 0.3 is 0 Å². The van der Waals surface area contributed by atoms with Crippen LogP contribution >= 0.6 is 23.5 Å². The molecule has 0 saturated heterocycles. The summed E-state index contributed by atoms with van der Waals surface area (Å²) in [6.07, 6.45) is 7.74. The van der Waals surface area contributed by atoms with Gasteiger partial charge in [-0.2, -0.15) is 0 Å². The molecule has 2 heteroatoms. The van der Waals surface area contributed by atoms with Gasteiger partial charge in [0.2, 0.25) is 0 Å². The van der Waals surface area contributed by atoms with Gasteiger partial charge in [-0.3, -0.25) is 0 Å². The summed E-state index contributed by atoms with van der Waals surface area (Å²) in [6, 6.07) is 8.43. The fraction of sp³-hybridized carbons (Fsp3) is 0. The first-order valence-electron chi connectivity index (χ1n) is 4.95. The van der Waals surface area contributed by atoms with E-state index in [2.05, 4.69) is 37.4 Å². The van der Waals surface area contributed by atoms with Gasteiger partial charge in [-0.15, -0.1) is 0 Å². The molecule has 0 N–H and O–H groups in total. The van der Waals surface area contributed by atoms with Gasteiger partial charge in [0.25, 0.3) is 0 Å². The number of hydrogen-bond acceptors (Lipinski definition) is 2. The van der Waals surface area contributed by atoms with Crippen LogP contribution in [0.2, 0.25) is 0 Å². The third-order valence-corrected chi connectivity index (χ3v) is 4.63. The first-order chi connectivity index (χ1) is 7.85. The predicted molar refractivity (Wildman–Crippen MR) is 74.7 cm³/mol. The highest BCUT2D eigenvalue weighted by molar-refractivity contribution is 8.11. The number of thioether (sulfide) groups is 2. The molecule has 2 rings (SSSR count). The summed E-state index contributed by atoms with van der Waals surface area (Å²) in [4.78, 5) is 5.08. The van der Waals surface area contributed by atoms with Gasteiger partial charge < -0.3 is 0 Å². The summed E-state index contributed by atoms with van der Waals surface area (Å²) in [5.74, 6) is 0. The molecule has 0 aliphatic carbocycles. The Morgan fingerprint density at radius 3 is 1.62 bits per heavy atom. The van der Waals surface area contributed by atoms with Crippen molar-refractivity contribution < 1.29 is 0 Å². The zero-order valence-corrected chi connectivity index (χ0v) is 10.5. The number of allylic oxidation sites excluding steroid dienone is 4. The molecule has 1 aliphatic heterocycles. The van der Waals surface area contributed by atoms with Crippen molar-refractivity contribution in [2.75, 3.05) is 0 Å². The lowest BCUT2D eigenvalue weighted by Crippen LogP contribution is -1.90. The van der Waals surface area contributed by atoms with Crippen molar-refractivity contribution in [3.63, 3.8) is 0 Å². The minimum Gasteiger partial charge on any atom is -0.0990 e. The van der Waals surface area contributed by atoms with Crippen LogP contribution in [0, 0.1) is 0 Å². The molecule has 0 aromatic heterocycles. The molecule has 0 radical (unpaired) electrons. The third-order valence-electron chi connectivity index (χ3n) is 2.07. The van der Waals surface area contributed by atoms with Crippen LogP contribution in [0.15, 0.2) is 81.3 Å². The van der Waals surface area contributed by atoms with E-state index in [0.717, 1.165) is 0 Å². The Balaban J connectivity index is 2.44. The van der Waals surface area contributed by atoms with E-state index in [9.17, 15) is 0 Å². The molecule has 0 saturated carbocycles. The molecule has 0 amide bonds. The average Bonchev–Trinajstić information content (AvgIpc) is 2.30. The molecule has 0 bridgehead atoms. The summed E-state index contributed by atoms with van der Waals surface area (Å²) < 4.78 is 0. The van der Waals surface area contributed by atoms with E-state index in [0.29, 0.717) is 0 Å². The maximum Gasteiger partial charge on any atom is 0.0262 e.